The summed E-state index contributed by atoms with van der Waals surface area (Å²) in [5, 5.41) is 0. The molecule has 0 atom stereocenters. The van der Waals surface area contributed by atoms with Crippen LogP contribution in [-0.4, -0.2) is 19.3 Å². The minimum Gasteiger partial charge on any atom is -0.398 e. The molecule has 2 heterocycles. The molecule has 130 valence electrons. The van der Waals surface area contributed by atoms with Crippen LogP contribution in [0.25, 0.3) is 33.4 Å². The predicted molar refractivity (Wildman–Crippen MR) is 104 cm³/mol. The first-order valence-electron chi connectivity index (χ1n) is 8.31. The van der Waals surface area contributed by atoms with E-state index in [4.69, 9.17) is 5.73 Å². The van der Waals surface area contributed by atoms with Gasteiger partial charge < -0.3 is 5.73 Å². The van der Waals surface area contributed by atoms with E-state index >= 15 is 0 Å². The van der Waals surface area contributed by atoms with Crippen LogP contribution in [0, 0.1) is 6.92 Å². The first-order valence-corrected chi connectivity index (χ1v) is 8.31. The number of hydrogen-bond donors (Lipinski definition) is 1. The highest BCUT2D eigenvalue weighted by molar-refractivity contribution is 5.87. The maximum Gasteiger partial charge on any atom is 0.274 e. The van der Waals surface area contributed by atoms with E-state index in [1.54, 1.807) is 24.1 Å². The summed E-state index contributed by atoms with van der Waals surface area (Å²) in [4.78, 5) is 21.6. The van der Waals surface area contributed by atoms with Gasteiger partial charge in [0.2, 0.25) is 0 Å². The normalized spacial score (nSPS) is 11.2. The molecule has 0 fully saturated rings. The Morgan fingerprint density at radius 3 is 2.31 bits per heavy atom. The first kappa shape index (κ1) is 16.1. The van der Waals surface area contributed by atoms with Gasteiger partial charge in [0.25, 0.3) is 5.56 Å². The number of nitrogen functional groups attached to an aromatic ring is 1. The Hall–Kier alpha value is -3.41. The van der Waals surface area contributed by atoms with Crippen molar-refractivity contribution in [2.45, 2.75) is 6.92 Å². The van der Waals surface area contributed by atoms with E-state index in [-0.39, 0.29) is 5.56 Å². The van der Waals surface area contributed by atoms with Crippen molar-refractivity contribution >= 4 is 16.7 Å². The van der Waals surface area contributed by atoms with Crippen molar-refractivity contribution in [1.29, 1.82) is 0 Å². The molecule has 4 aromatic rings. The zero-order valence-electron chi connectivity index (χ0n) is 14.9. The number of rotatable bonds is 2. The van der Waals surface area contributed by atoms with Crippen molar-refractivity contribution in [2.24, 2.45) is 14.1 Å². The third-order valence-electron chi connectivity index (χ3n) is 4.83. The van der Waals surface area contributed by atoms with E-state index < -0.39 is 0 Å². The molecule has 0 amide bonds. The lowest BCUT2D eigenvalue weighted by Crippen LogP contribution is -2.17. The second kappa shape index (κ2) is 5.84. The summed E-state index contributed by atoms with van der Waals surface area (Å²) in [6.45, 7) is 1.95. The van der Waals surface area contributed by atoms with E-state index in [9.17, 15) is 4.79 Å². The van der Waals surface area contributed by atoms with Gasteiger partial charge in [0.05, 0.1) is 22.3 Å². The van der Waals surface area contributed by atoms with E-state index in [2.05, 4.69) is 9.97 Å². The van der Waals surface area contributed by atoms with Gasteiger partial charge in [-0.1, -0.05) is 18.2 Å². The van der Waals surface area contributed by atoms with E-state index in [0.29, 0.717) is 11.3 Å². The van der Waals surface area contributed by atoms with Crippen LogP contribution < -0.4 is 11.3 Å². The average Bonchev–Trinajstić information content (AvgIpc) is 2.88. The minimum absolute atomic E-state index is 0.0648. The minimum atomic E-state index is -0.0648. The van der Waals surface area contributed by atoms with Gasteiger partial charge in [0.1, 0.15) is 0 Å². The second-order valence-electron chi connectivity index (χ2n) is 6.41. The Bertz CT molecular complexity index is 1200. The van der Waals surface area contributed by atoms with Crippen molar-refractivity contribution in [3.63, 3.8) is 0 Å². The molecule has 0 aliphatic heterocycles. The summed E-state index contributed by atoms with van der Waals surface area (Å²) < 4.78 is 3.45. The SMILES string of the molecule is Cc1ccc(-c2c(-c3ccc4nccnc4c3)n(C)n(C)c2=O)cc1N. The highest BCUT2D eigenvalue weighted by atomic mass is 16.1. The van der Waals surface area contributed by atoms with Crippen LogP contribution in [0.15, 0.2) is 53.6 Å². The number of anilines is 1. The van der Waals surface area contributed by atoms with Crippen LogP contribution in [0.1, 0.15) is 5.56 Å². The molecule has 0 bridgehead atoms. The molecule has 6 heteroatoms. The Morgan fingerprint density at radius 1 is 0.885 bits per heavy atom. The van der Waals surface area contributed by atoms with Crippen molar-refractivity contribution in [3.05, 3.63) is 64.7 Å². The largest absolute Gasteiger partial charge is 0.398 e. The molecule has 2 aromatic carbocycles. The third-order valence-corrected chi connectivity index (χ3v) is 4.83. The summed E-state index contributed by atoms with van der Waals surface area (Å²) in [6.07, 6.45) is 3.33. The highest BCUT2D eigenvalue weighted by Crippen LogP contribution is 2.32. The fourth-order valence-electron chi connectivity index (χ4n) is 3.21. The maximum atomic E-state index is 12.9. The number of fused-ring (bicyclic) bond motifs is 1. The summed E-state index contributed by atoms with van der Waals surface area (Å²) in [6, 6.07) is 11.6. The average molecular weight is 345 g/mol. The first-order chi connectivity index (χ1) is 12.5. The van der Waals surface area contributed by atoms with Crippen LogP contribution in [0.4, 0.5) is 5.69 Å². The maximum absolute atomic E-state index is 12.9. The fraction of sp³-hybridized carbons (Fsp3) is 0.150. The van der Waals surface area contributed by atoms with Gasteiger partial charge in [-0.15, -0.1) is 0 Å². The lowest BCUT2D eigenvalue weighted by molar-refractivity contribution is 0.584. The van der Waals surface area contributed by atoms with E-state index in [1.807, 2.05) is 55.1 Å². The van der Waals surface area contributed by atoms with Crippen LogP contribution in [0.2, 0.25) is 0 Å². The number of aryl methyl sites for hydroxylation is 1. The molecule has 4 rings (SSSR count). The van der Waals surface area contributed by atoms with Gasteiger partial charge in [-0.3, -0.25) is 24.1 Å². The molecule has 0 unspecified atom stereocenters. The molecule has 0 saturated heterocycles. The second-order valence-corrected chi connectivity index (χ2v) is 6.41. The fourth-order valence-corrected chi connectivity index (χ4v) is 3.21. The zero-order chi connectivity index (χ0) is 18.4. The van der Waals surface area contributed by atoms with Gasteiger partial charge in [-0.2, -0.15) is 0 Å². The molecule has 0 aliphatic carbocycles. The van der Waals surface area contributed by atoms with Crippen LogP contribution in [0.5, 0.6) is 0 Å². The smallest absolute Gasteiger partial charge is 0.274 e. The quantitative estimate of drug-likeness (QED) is 0.567. The standard InChI is InChI=1S/C20H19N5O/c1-12-4-5-13(10-15(12)21)18-19(24(2)25(3)20(18)26)14-6-7-16-17(11-14)23-9-8-22-16/h4-11H,21H2,1-3H3. The number of nitrogens with two attached hydrogens (primary N) is 1. The summed E-state index contributed by atoms with van der Waals surface area (Å²) in [7, 11) is 3.63. The van der Waals surface area contributed by atoms with Gasteiger partial charge >= 0.3 is 0 Å². The Labute approximate surface area is 150 Å². The number of nitrogens with zero attached hydrogens (tertiary/aromatic N) is 4. The van der Waals surface area contributed by atoms with Gasteiger partial charge in [-0.05, 0) is 36.2 Å². The number of benzene rings is 2. The number of aromatic nitrogens is 4. The Morgan fingerprint density at radius 2 is 1.58 bits per heavy atom. The van der Waals surface area contributed by atoms with Crippen LogP contribution in [0.3, 0.4) is 0 Å². The van der Waals surface area contributed by atoms with Crippen LogP contribution in [-0.2, 0) is 14.1 Å². The van der Waals surface area contributed by atoms with E-state index in [0.717, 1.165) is 33.4 Å². The van der Waals surface area contributed by atoms with Gasteiger partial charge in [0.15, 0.2) is 0 Å². The molecule has 2 aromatic heterocycles. The van der Waals surface area contributed by atoms with Crippen molar-refractivity contribution in [3.8, 4) is 22.4 Å². The van der Waals surface area contributed by atoms with E-state index in [1.165, 1.54) is 0 Å². The molecule has 6 nitrogen and oxygen atoms in total. The Kier molecular flexibility index (Phi) is 3.61. The zero-order valence-corrected chi connectivity index (χ0v) is 14.9. The number of hydrogen-bond acceptors (Lipinski definition) is 4. The molecule has 26 heavy (non-hydrogen) atoms. The van der Waals surface area contributed by atoms with Gasteiger partial charge in [0, 0.05) is 37.7 Å². The highest BCUT2D eigenvalue weighted by Gasteiger charge is 2.20. The molecule has 0 aliphatic rings. The summed E-state index contributed by atoms with van der Waals surface area (Å²) in [5.41, 5.74) is 12.5. The molecular weight excluding hydrogens is 326 g/mol. The molecule has 2 N–H and O–H groups in total. The van der Waals surface area contributed by atoms with Crippen LogP contribution >= 0.6 is 0 Å². The molecular formula is C20H19N5O. The predicted octanol–water partition coefficient (Wildman–Crippen LogP) is 2.89. The summed E-state index contributed by atoms with van der Waals surface area (Å²) >= 11 is 0. The Balaban J connectivity index is 2.02. The monoisotopic (exact) mass is 345 g/mol. The van der Waals surface area contributed by atoms with Crippen molar-refractivity contribution in [2.75, 3.05) is 5.73 Å². The lowest BCUT2D eigenvalue weighted by atomic mass is 9.99. The van der Waals surface area contributed by atoms with Crippen molar-refractivity contribution in [1.82, 2.24) is 19.3 Å². The molecule has 0 radical (unpaired) electrons. The lowest BCUT2D eigenvalue weighted by Gasteiger charge is -2.10. The topological polar surface area (TPSA) is 78.7 Å². The third kappa shape index (κ3) is 2.38. The summed E-state index contributed by atoms with van der Waals surface area (Å²) in [5.74, 6) is 0. The van der Waals surface area contributed by atoms with Gasteiger partial charge in [-0.25, -0.2) is 0 Å². The van der Waals surface area contributed by atoms with Crippen molar-refractivity contribution < 1.29 is 0 Å². The molecule has 0 saturated carbocycles. The molecule has 0 spiro atoms.